The van der Waals surface area contributed by atoms with E-state index in [0.29, 0.717) is 6.04 Å². The minimum atomic E-state index is 0.517. The highest BCUT2D eigenvalue weighted by Gasteiger charge is 2.17. The van der Waals surface area contributed by atoms with Gasteiger partial charge in [-0.1, -0.05) is 18.2 Å². The molecule has 0 saturated carbocycles. The number of rotatable bonds is 3. The highest BCUT2D eigenvalue weighted by Crippen LogP contribution is 2.09. The van der Waals surface area contributed by atoms with E-state index in [0.717, 1.165) is 24.5 Å². The first kappa shape index (κ1) is 10.4. The Labute approximate surface area is 99.8 Å². The van der Waals surface area contributed by atoms with Crippen LogP contribution in [0.2, 0.25) is 0 Å². The summed E-state index contributed by atoms with van der Waals surface area (Å²) in [5.74, 6) is 0.813. The van der Waals surface area contributed by atoms with Crippen LogP contribution < -0.4 is 5.32 Å². The highest BCUT2D eigenvalue weighted by atomic mass is 15.6. The van der Waals surface area contributed by atoms with Crippen LogP contribution in [0.4, 0.5) is 0 Å². The molecule has 0 radical (unpaired) electrons. The Bertz CT molecular complexity index is 473. The SMILES string of the molecule is c1ccc(-n2nnc(CC3CCCN3)n2)cc1. The summed E-state index contributed by atoms with van der Waals surface area (Å²) < 4.78 is 0. The fraction of sp³-hybridized carbons (Fsp3) is 0.417. The molecule has 1 atom stereocenters. The van der Waals surface area contributed by atoms with Crippen molar-refractivity contribution in [2.45, 2.75) is 25.3 Å². The first-order valence-electron chi connectivity index (χ1n) is 5.99. The van der Waals surface area contributed by atoms with Gasteiger partial charge < -0.3 is 5.32 Å². The maximum absolute atomic E-state index is 4.40. The quantitative estimate of drug-likeness (QED) is 0.851. The van der Waals surface area contributed by atoms with Crippen LogP contribution >= 0.6 is 0 Å². The monoisotopic (exact) mass is 229 g/mol. The molecule has 3 rings (SSSR count). The molecule has 88 valence electrons. The van der Waals surface area contributed by atoms with Gasteiger partial charge >= 0.3 is 0 Å². The second-order valence-electron chi connectivity index (χ2n) is 4.33. The zero-order valence-electron chi connectivity index (χ0n) is 9.58. The van der Waals surface area contributed by atoms with Crippen molar-refractivity contribution in [1.82, 2.24) is 25.5 Å². The predicted octanol–water partition coefficient (Wildman–Crippen LogP) is 0.957. The zero-order valence-corrected chi connectivity index (χ0v) is 9.58. The molecule has 5 nitrogen and oxygen atoms in total. The highest BCUT2D eigenvalue weighted by molar-refractivity contribution is 5.27. The Hall–Kier alpha value is -1.75. The smallest absolute Gasteiger partial charge is 0.176 e. The molecule has 0 spiro atoms. The van der Waals surface area contributed by atoms with Gasteiger partial charge in [0.2, 0.25) is 0 Å². The van der Waals surface area contributed by atoms with Gasteiger partial charge in [-0.25, -0.2) is 0 Å². The van der Waals surface area contributed by atoms with Crippen molar-refractivity contribution in [2.24, 2.45) is 0 Å². The van der Waals surface area contributed by atoms with Crippen LogP contribution in [0.25, 0.3) is 5.69 Å². The van der Waals surface area contributed by atoms with E-state index in [1.165, 1.54) is 12.8 Å². The van der Waals surface area contributed by atoms with Crippen molar-refractivity contribution < 1.29 is 0 Å². The largest absolute Gasteiger partial charge is 0.314 e. The van der Waals surface area contributed by atoms with Crippen molar-refractivity contribution in [3.8, 4) is 5.69 Å². The second-order valence-corrected chi connectivity index (χ2v) is 4.33. The molecule has 1 aromatic carbocycles. The van der Waals surface area contributed by atoms with E-state index in [9.17, 15) is 0 Å². The van der Waals surface area contributed by atoms with Gasteiger partial charge in [0.25, 0.3) is 0 Å². The predicted molar refractivity (Wildman–Crippen MR) is 63.9 cm³/mol. The summed E-state index contributed by atoms with van der Waals surface area (Å²) in [6, 6.07) is 10.4. The molecular formula is C12H15N5. The molecule has 17 heavy (non-hydrogen) atoms. The molecule has 0 amide bonds. The van der Waals surface area contributed by atoms with Crippen LogP contribution in [0.1, 0.15) is 18.7 Å². The van der Waals surface area contributed by atoms with E-state index >= 15 is 0 Å². The van der Waals surface area contributed by atoms with Gasteiger partial charge in [0.15, 0.2) is 5.82 Å². The van der Waals surface area contributed by atoms with Crippen molar-refractivity contribution in [1.29, 1.82) is 0 Å². The Morgan fingerprint density at radius 3 is 2.94 bits per heavy atom. The topological polar surface area (TPSA) is 55.6 Å². The molecule has 5 heteroatoms. The maximum Gasteiger partial charge on any atom is 0.176 e. The lowest BCUT2D eigenvalue weighted by Crippen LogP contribution is -2.24. The first-order valence-corrected chi connectivity index (χ1v) is 5.99. The van der Waals surface area contributed by atoms with E-state index in [-0.39, 0.29) is 0 Å². The number of nitrogens with one attached hydrogen (secondary N) is 1. The van der Waals surface area contributed by atoms with Gasteiger partial charge in [0, 0.05) is 12.5 Å². The number of tetrazole rings is 1. The van der Waals surface area contributed by atoms with E-state index in [4.69, 9.17) is 0 Å². The number of nitrogens with zero attached hydrogens (tertiary/aromatic N) is 4. The molecule has 1 aliphatic heterocycles. The summed E-state index contributed by atoms with van der Waals surface area (Å²) in [5, 5.41) is 16.0. The zero-order chi connectivity index (χ0) is 11.5. The van der Waals surface area contributed by atoms with Crippen LogP contribution in [0.3, 0.4) is 0 Å². The van der Waals surface area contributed by atoms with Crippen molar-refractivity contribution in [2.75, 3.05) is 6.54 Å². The molecule has 2 aromatic rings. The second kappa shape index (κ2) is 4.63. The summed E-state index contributed by atoms with van der Waals surface area (Å²) in [6.07, 6.45) is 3.32. The minimum Gasteiger partial charge on any atom is -0.314 e. The van der Waals surface area contributed by atoms with Gasteiger partial charge in [-0.2, -0.15) is 0 Å². The lowest BCUT2D eigenvalue weighted by atomic mass is 10.1. The summed E-state index contributed by atoms with van der Waals surface area (Å²) in [4.78, 5) is 1.59. The standard InChI is InChI=1S/C12H15N5/c1-2-6-11(7-3-1)17-15-12(14-16-17)9-10-5-4-8-13-10/h1-3,6-7,10,13H,4-5,8-9H2. The van der Waals surface area contributed by atoms with Crippen LogP contribution in [-0.2, 0) is 6.42 Å². The molecule has 1 fully saturated rings. The molecule has 1 aromatic heterocycles. The number of benzene rings is 1. The Kier molecular flexibility index (Phi) is 2.83. The summed E-state index contributed by atoms with van der Waals surface area (Å²) >= 11 is 0. The van der Waals surface area contributed by atoms with E-state index in [1.54, 1.807) is 4.80 Å². The summed E-state index contributed by atoms with van der Waals surface area (Å²) in [7, 11) is 0. The Morgan fingerprint density at radius 1 is 1.29 bits per heavy atom. The number of para-hydroxylation sites is 1. The van der Waals surface area contributed by atoms with Gasteiger partial charge in [-0.3, -0.25) is 0 Å². The van der Waals surface area contributed by atoms with E-state index in [1.807, 2.05) is 30.3 Å². The van der Waals surface area contributed by atoms with Gasteiger partial charge in [-0.15, -0.1) is 15.0 Å². The first-order chi connectivity index (χ1) is 8.42. The van der Waals surface area contributed by atoms with Crippen molar-refractivity contribution in [3.05, 3.63) is 36.2 Å². The molecule has 0 aliphatic carbocycles. The third-order valence-corrected chi connectivity index (χ3v) is 3.03. The van der Waals surface area contributed by atoms with Crippen LogP contribution in [0.15, 0.2) is 30.3 Å². The molecule has 2 heterocycles. The number of hydrogen-bond acceptors (Lipinski definition) is 4. The van der Waals surface area contributed by atoms with Gasteiger partial charge in [0.05, 0.1) is 5.69 Å². The minimum absolute atomic E-state index is 0.517. The normalized spacial score (nSPS) is 19.6. The average molecular weight is 229 g/mol. The van der Waals surface area contributed by atoms with Crippen molar-refractivity contribution >= 4 is 0 Å². The molecule has 1 unspecified atom stereocenters. The molecule has 1 saturated heterocycles. The van der Waals surface area contributed by atoms with Crippen LogP contribution in [-0.4, -0.2) is 32.8 Å². The molecule has 1 aliphatic rings. The fourth-order valence-electron chi connectivity index (χ4n) is 2.15. The fourth-order valence-corrected chi connectivity index (χ4v) is 2.15. The summed E-state index contributed by atoms with van der Waals surface area (Å²) in [5.41, 5.74) is 0.950. The summed E-state index contributed by atoms with van der Waals surface area (Å²) in [6.45, 7) is 1.11. The van der Waals surface area contributed by atoms with Crippen LogP contribution in [0, 0.1) is 0 Å². The average Bonchev–Trinajstić information content (AvgIpc) is 3.02. The molecule has 0 bridgehead atoms. The van der Waals surface area contributed by atoms with Crippen LogP contribution in [0.5, 0.6) is 0 Å². The lowest BCUT2D eigenvalue weighted by molar-refractivity contribution is 0.584. The van der Waals surface area contributed by atoms with E-state index in [2.05, 4.69) is 20.7 Å². The molecule has 1 N–H and O–H groups in total. The van der Waals surface area contributed by atoms with Gasteiger partial charge in [-0.05, 0) is 36.7 Å². The van der Waals surface area contributed by atoms with E-state index < -0.39 is 0 Å². The Morgan fingerprint density at radius 2 is 2.18 bits per heavy atom. The van der Waals surface area contributed by atoms with Gasteiger partial charge in [0.1, 0.15) is 0 Å². The number of aromatic nitrogens is 4. The number of hydrogen-bond donors (Lipinski definition) is 1. The maximum atomic E-state index is 4.40. The third-order valence-electron chi connectivity index (χ3n) is 3.03. The Balaban J connectivity index is 1.74. The molecular weight excluding hydrogens is 214 g/mol. The van der Waals surface area contributed by atoms with Crippen molar-refractivity contribution in [3.63, 3.8) is 0 Å². The lowest BCUT2D eigenvalue weighted by Gasteiger charge is -2.04. The third kappa shape index (κ3) is 2.34.